The number of rotatable bonds is 8. The Morgan fingerprint density at radius 3 is 2.33 bits per heavy atom. The summed E-state index contributed by atoms with van der Waals surface area (Å²) < 4.78 is 9.86. The maximum absolute atomic E-state index is 12.3. The number of aliphatic hydroxyl groups excluding tert-OH is 4. The number of halogens is 2. The van der Waals surface area contributed by atoms with E-state index in [1.807, 2.05) is 0 Å². The van der Waals surface area contributed by atoms with E-state index in [1.54, 1.807) is 0 Å². The minimum Gasteiger partial charge on any atom is -0.494 e. The number of carbonyl (C=O) groups excluding carboxylic acids is 2. The Balaban J connectivity index is 3.18. The molecule has 8 nitrogen and oxygen atoms in total. The lowest BCUT2D eigenvalue weighted by Gasteiger charge is -2.27. The topological polar surface area (TPSA) is 134 Å². The van der Waals surface area contributed by atoms with Gasteiger partial charge in [0.15, 0.2) is 18.1 Å². The number of hydrogen-bond acceptors (Lipinski definition) is 8. The highest BCUT2D eigenvalue weighted by molar-refractivity contribution is 6.37. The first-order chi connectivity index (χ1) is 11.3. The van der Waals surface area contributed by atoms with Gasteiger partial charge in [0, 0.05) is 0 Å². The summed E-state index contributed by atoms with van der Waals surface area (Å²) >= 11 is 11.8. The highest BCUT2D eigenvalue weighted by Crippen LogP contribution is 2.34. The van der Waals surface area contributed by atoms with Gasteiger partial charge in [-0.15, -0.1) is 0 Å². The first kappa shape index (κ1) is 20.6. The van der Waals surface area contributed by atoms with Crippen molar-refractivity contribution < 1.29 is 39.5 Å². The molecule has 0 fully saturated rings. The molecule has 1 aromatic rings. The lowest BCUT2D eigenvalue weighted by atomic mass is 10.0. The second-order valence-electron chi connectivity index (χ2n) is 4.67. The van der Waals surface area contributed by atoms with Crippen LogP contribution in [0.1, 0.15) is 10.4 Å². The Labute approximate surface area is 147 Å². The summed E-state index contributed by atoms with van der Waals surface area (Å²) in [7, 11) is 1.23. The first-order valence-corrected chi connectivity index (χ1v) is 7.37. The van der Waals surface area contributed by atoms with E-state index < -0.39 is 37.0 Å². The summed E-state index contributed by atoms with van der Waals surface area (Å²) in [5, 5.41) is 37.7. The van der Waals surface area contributed by atoms with Gasteiger partial charge < -0.3 is 34.7 Å². The van der Waals surface area contributed by atoms with E-state index in [-0.39, 0.29) is 27.6 Å². The molecule has 0 aliphatic heterocycles. The Morgan fingerprint density at radius 2 is 1.83 bits per heavy atom. The molecular formula is C14H16Cl2O8. The average Bonchev–Trinajstić information content (AvgIpc) is 2.58. The fraction of sp³-hybridized carbons (Fsp3) is 0.429. The molecule has 4 atom stereocenters. The van der Waals surface area contributed by atoms with Gasteiger partial charge in [-0.05, 0) is 12.1 Å². The summed E-state index contributed by atoms with van der Waals surface area (Å²) in [5.41, 5.74) is -0.291. The fourth-order valence-corrected chi connectivity index (χ4v) is 2.31. The number of carbonyl (C=O) groups is 2. The molecule has 0 radical (unpaired) electrons. The SMILES string of the molecule is COc1c(Cl)ccc(Cl)c1C(=O)O[C@@H]([C@H](O)[C@H](O)CO)[C@@H](O)C=O. The number of aldehydes is 1. The van der Waals surface area contributed by atoms with Gasteiger partial charge in [0.25, 0.3) is 0 Å². The van der Waals surface area contributed by atoms with Crippen LogP contribution >= 0.6 is 23.2 Å². The Bertz CT molecular complexity index is 594. The average molecular weight is 383 g/mol. The molecular weight excluding hydrogens is 367 g/mol. The minimum atomic E-state index is -1.95. The van der Waals surface area contributed by atoms with Crippen molar-refractivity contribution in [1.82, 2.24) is 0 Å². The number of methoxy groups -OCH3 is 1. The number of benzene rings is 1. The number of aliphatic hydroxyl groups is 4. The van der Waals surface area contributed by atoms with E-state index in [2.05, 4.69) is 0 Å². The van der Waals surface area contributed by atoms with Gasteiger partial charge in [-0.1, -0.05) is 23.2 Å². The van der Waals surface area contributed by atoms with Crippen LogP contribution in [0.15, 0.2) is 12.1 Å². The van der Waals surface area contributed by atoms with Crippen LogP contribution in [-0.2, 0) is 9.53 Å². The van der Waals surface area contributed by atoms with Crippen LogP contribution in [0.25, 0.3) is 0 Å². The predicted molar refractivity (Wildman–Crippen MR) is 83.4 cm³/mol. The van der Waals surface area contributed by atoms with Crippen LogP contribution in [0.4, 0.5) is 0 Å². The van der Waals surface area contributed by atoms with Crippen LogP contribution in [0.2, 0.25) is 10.0 Å². The van der Waals surface area contributed by atoms with E-state index >= 15 is 0 Å². The molecule has 10 heteroatoms. The van der Waals surface area contributed by atoms with Crippen molar-refractivity contribution in [2.24, 2.45) is 0 Å². The molecule has 0 aliphatic rings. The van der Waals surface area contributed by atoms with Crippen molar-refractivity contribution in [2.75, 3.05) is 13.7 Å². The molecule has 0 heterocycles. The molecule has 134 valence electrons. The summed E-state index contributed by atoms with van der Waals surface area (Å²) in [6.07, 6.45) is -7.48. The van der Waals surface area contributed by atoms with Gasteiger partial charge in [0.05, 0.1) is 23.8 Å². The number of esters is 1. The number of hydrogen-bond donors (Lipinski definition) is 4. The molecule has 0 unspecified atom stereocenters. The second kappa shape index (κ2) is 9.16. The van der Waals surface area contributed by atoms with Crippen molar-refractivity contribution in [3.05, 3.63) is 27.7 Å². The molecule has 0 bridgehead atoms. The molecule has 0 amide bonds. The molecule has 0 aliphatic carbocycles. The zero-order valence-electron chi connectivity index (χ0n) is 12.4. The van der Waals surface area contributed by atoms with Crippen molar-refractivity contribution in [3.8, 4) is 5.75 Å². The number of ether oxygens (including phenoxy) is 2. The second-order valence-corrected chi connectivity index (χ2v) is 5.49. The van der Waals surface area contributed by atoms with E-state index in [4.69, 9.17) is 37.8 Å². The summed E-state index contributed by atoms with van der Waals surface area (Å²) in [6, 6.07) is 2.68. The lowest BCUT2D eigenvalue weighted by Crippen LogP contribution is -2.49. The minimum absolute atomic E-state index is 0.00206. The third kappa shape index (κ3) is 4.56. The van der Waals surface area contributed by atoms with E-state index in [9.17, 15) is 24.9 Å². The molecule has 0 saturated carbocycles. The van der Waals surface area contributed by atoms with Crippen LogP contribution in [0.5, 0.6) is 5.75 Å². The lowest BCUT2D eigenvalue weighted by molar-refractivity contribution is -0.138. The smallest absolute Gasteiger partial charge is 0.344 e. The Morgan fingerprint density at radius 1 is 1.25 bits per heavy atom. The highest BCUT2D eigenvalue weighted by atomic mass is 35.5. The van der Waals surface area contributed by atoms with E-state index in [1.165, 1.54) is 19.2 Å². The molecule has 1 rings (SSSR count). The molecule has 0 saturated heterocycles. The monoisotopic (exact) mass is 382 g/mol. The zero-order chi connectivity index (χ0) is 18.4. The fourth-order valence-electron chi connectivity index (χ4n) is 1.85. The largest absolute Gasteiger partial charge is 0.494 e. The first-order valence-electron chi connectivity index (χ1n) is 6.61. The van der Waals surface area contributed by atoms with Crippen molar-refractivity contribution in [2.45, 2.75) is 24.4 Å². The van der Waals surface area contributed by atoms with Crippen molar-refractivity contribution in [1.29, 1.82) is 0 Å². The van der Waals surface area contributed by atoms with Crippen LogP contribution in [0.3, 0.4) is 0 Å². The zero-order valence-corrected chi connectivity index (χ0v) is 13.9. The molecule has 1 aromatic carbocycles. The third-order valence-electron chi connectivity index (χ3n) is 3.10. The van der Waals surface area contributed by atoms with E-state index in [0.29, 0.717) is 0 Å². The highest BCUT2D eigenvalue weighted by Gasteiger charge is 2.36. The molecule has 24 heavy (non-hydrogen) atoms. The summed E-state index contributed by atoms with van der Waals surface area (Å²) in [4.78, 5) is 23.1. The maximum atomic E-state index is 12.3. The standard InChI is InChI=1S/C14H16Cl2O8/c1-23-12-7(16)3-2-6(15)10(12)14(22)24-13(9(20)5-18)11(21)8(19)4-17/h2-3,5,8-9,11,13,17,19-21H,4H2,1H3/t8-,9+,11-,13-/m1/s1. The maximum Gasteiger partial charge on any atom is 0.344 e. The van der Waals surface area contributed by atoms with Gasteiger partial charge >= 0.3 is 5.97 Å². The predicted octanol–water partition coefficient (Wildman–Crippen LogP) is -0.199. The Hall–Kier alpha value is -1.42. The van der Waals surface area contributed by atoms with Crippen molar-refractivity contribution >= 4 is 35.5 Å². The van der Waals surface area contributed by atoms with Crippen molar-refractivity contribution in [3.63, 3.8) is 0 Å². The van der Waals surface area contributed by atoms with Gasteiger partial charge in [-0.2, -0.15) is 0 Å². The van der Waals surface area contributed by atoms with Crippen LogP contribution in [-0.4, -0.2) is 70.8 Å². The van der Waals surface area contributed by atoms with Gasteiger partial charge in [0.1, 0.15) is 23.9 Å². The molecule has 4 N–H and O–H groups in total. The van der Waals surface area contributed by atoms with Gasteiger partial charge in [-0.3, -0.25) is 0 Å². The van der Waals surface area contributed by atoms with Crippen LogP contribution in [0, 0.1) is 0 Å². The summed E-state index contributed by atoms with van der Waals surface area (Å²) in [5.74, 6) is -1.26. The normalized spacial score (nSPS) is 16.0. The van der Waals surface area contributed by atoms with E-state index in [0.717, 1.165) is 0 Å². The quantitative estimate of drug-likeness (QED) is 0.358. The Kier molecular flexibility index (Phi) is 7.88. The molecule has 0 aromatic heterocycles. The summed E-state index contributed by atoms with van der Waals surface area (Å²) in [6.45, 7) is -0.887. The van der Waals surface area contributed by atoms with Crippen LogP contribution < -0.4 is 4.74 Å². The van der Waals surface area contributed by atoms with Gasteiger partial charge in [0.2, 0.25) is 0 Å². The van der Waals surface area contributed by atoms with Gasteiger partial charge in [-0.25, -0.2) is 4.79 Å². The third-order valence-corrected chi connectivity index (χ3v) is 3.72. The molecule has 0 spiro atoms.